The van der Waals surface area contributed by atoms with E-state index in [1.807, 2.05) is 0 Å². The maximum Gasteiger partial charge on any atom is 0.386 e. The van der Waals surface area contributed by atoms with Gasteiger partial charge in [-0.15, -0.1) is 0 Å². The van der Waals surface area contributed by atoms with Crippen molar-refractivity contribution in [1.82, 2.24) is 117 Å². The summed E-state index contributed by atoms with van der Waals surface area (Å²) >= 11 is 30.0. The van der Waals surface area contributed by atoms with Crippen LogP contribution in [0.4, 0.5) is 30.6 Å². The molecule has 136 heavy (non-hydrogen) atoms. The summed E-state index contributed by atoms with van der Waals surface area (Å²) in [4.78, 5) is 161. The number of aromatic amines is 3. The lowest BCUT2D eigenvalue weighted by Gasteiger charge is -2.30. The second kappa shape index (κ2) is 37.8. The van der Waals surface area contributed by atoms with Gasteiger partial charge in [-0.25, -0.2) is 92.5 Å². The van der Waals surface area contributed by atoms with Crippen molar-refractivity contribution >= 4 is 196 Å². The van der Waals surface area contributed by atoms with Crippen LogP contribution in [-0.2, 0) is 146 Å². The first-order valence-electron chi connectivity index (χ1n) is 39.4. The lowest BCUT2D eigenvalue weighted by Crippen LogP contribution is -2.38. The van der Waals surface area contributed by atoms with Crippen LogP contribution in [0.3, 0.4) is 0 Å². The van der Waals surface area contributed by atoms with E-state index in [1.54, 1.807) is 13.8 Å². The number of aliphatic hydroxyl groups excluding tert-OH is 3. The average molecular weight is 2140 g/mol. The van der Waals surface area contributed by atoms with Crippen molar-refractivity contribution in [2.45, 2.75) is 176 Å². The predicted molar refractivity (Wildman–Crippen MR) is 475 cm³/mol. The monoisotopic (exact) mass is 2140 g/mol. The van der Waals surface area contributed by atoms with Gasteiger partial charge in [-0.1, -0.05) is 19.7 Å². The molecule has 9 aliphatic rings. The molecule has 0 aromatic carbocycles. The van der Waals surface area contributed by atoms with Crippen molar-refractivity contribution in [3.05, 3.63) is 105 Å². The molecule has 21 heterocycles. The molecule has 0 bridgehead atoms. The number of ether oxygens (including phenoxy) is 6. The molecule has 12 aromatic heterocycles. The van der Waals surface area contributed by atoms with Gasteiger partial charge in [0, 0.05) is 0 Å². The number of anilines is 3. The van der Waals surface area contributed by atoms with E-state index >= 15 is 13.2 Å². The second-order valence-corrected chi connectivity index (χ2v) is 47.7. The zero-order valence-corrected chi connectivity index (χ0v) is 78.6. The molecule has 734 valence electrons. The molecule has 6 unspecified atom stereocenters. The van der Waals surface area contributed by atoms with Crippen LogP contribution in [0, 0.1) is 20.8 Å². The number of aromatic nitrogens is 24. The predicted octanol–water partition coefficient (Wildman–Crippen LogP) is 0.241. The van der Waals surface area contributed by atoms with Crippen molar-refractivity contribution < 1.29 is 140 Å². The van der Waals surface area contributed by atoms with Crippen LogP contribution < -0.4 is 33.9 Å². The summed E-state index contributed by atoms with van der Waals surface area (Å²) in [6.07, 6.45) is -24.2. The van der Waals surface area contributed by atoms with E-state index in [2.05, 4.69) is 102 Å². The van der Waals surface area contributed by atoms with Crippen LogP contribution in [0.25, 0.3) is 67.0 Å². The normalized spacial score (nSPS) is 37.4. The summed E-state index contributed by atoms with van der Waals surface area (Å²) in [5, 5.41) is 33.8. The van der Waals surface area contributed by atoms with Crippen molar-refractivity contribution in [3.63, 3.8) is 0 Å². The Labute approximate surface area is 786 Å². The number of nitrogens with two attached hydrogens (primary N) is 3. The van der Waals surface area contributed by atoms with Gasteiger partial charge in [0.2, 0.25) is 0 Å². The molecule has 0 spiro atoms. The Morgan fingerprint density at radius 1 is 0.353 bits per heavy atom. The van der Waals surface area contributed by atoms with E-state index < -0.39 is 244 Å². The maximum atomic E-state index is 16.0. The number of aryl methyl sites for hydroxylation is 3. The highest BCUT2D eigenvalue weighted by Gasteiger charge is 2.59. The number of hydrogen-bond acceptors (Lipinski definition) is 48. The number of thiol groups is 1. The third kappa shape index (κ3) is 19.2. The van der Waals surface area contributed by atoms with E-state index in [0.717, 1.165) is 6.33 Å². The molecular formula is C64H76F3N27O30P6S6. The van der Waals surface area contributed by atoms with Gasteiger partial charge in [0.1, 0.15) is 145 Å². The van der Waals surface area contributed by atoms with Crippen LogP contribution in [0.1, 0.15) is 62.3 Å². The Morgan fingerprint density at radius 2 is 0.574 bits per heavy atom. The Bertz CT molecular complexity index is 6500. The summed E-state index contributed by atoms with van der Waals surface area (Å²) < 4.78 is 171. The first kappa shape index (κ1) is 98.8. The van der Waals surface area contributed by atoms with E-state index in [-0.39, 0.29) is 109 Å². The number of nitrogens with one attached hydrogen (secondary N) is 3. The summed E-state index contributed by atoms with van der Waals surface area (Å²) in [6.45, 7) is -24.2. The Balaban J connectivity index is 0.000000135. The number of hydrogen-bond donors (Lipinski definition) is 15. The number of fused-ring (bicyclic) bond motifs is 12. The van der Waals surface area contributed by atoms with E-state index in [4.69, 9.17) is 159 Å². The molecule has 9 fully saturated rings. The Kier molecular flexibility index (Phi) is 27.5. The van der Waals surface area contributed by atoms with Crippen molar-refractivity contribution in [2.24, 2.45) is 0 Å². The van der Waals surface area contributed by atoms with Crippen LogP contribution in [0.5, 0.6) is 0 Å². The van der Waals surface area contributed by atoms with Gasteiger partial charge < -0.3 is 123 Å². The molecular weight excluding hydrogens is 2060 g/mol. The van der Waals surface area contributed by atoms with Crippen molar-refractivity contribution in [1.29, 1.82) is 0 Å². The largest absolute Gasteiger partial charge is 0.386 e. The van der Waals surface area contributed by atoms with Gasteiger partial charge in [-0.2, -0.15) is 0 Å². The highest BCUT2D eigenvalue weighted by Crippen LogP contribution is 2.61. The number of halogens is 3. The van der Waals surface area contributed by atoms with E-state index in [0.29, 0.717) is 0 Å². The van der Waals surface area contributed by atoms with Gasteiger partial charge in [-0.3, -0.25) is 73.5 Å². The summed E-state index contributed by atoms with van der Waals surface area (Å²) in [5.74, 6) is 1.03. The molecule has 17 N–H and O–H groups in total. The number of alkyl halides is 3. The van der Waals surface area contributed by atoms with E-state index in [9.17, 15) is 58.7 Å². The fourth-order valence-electron chi connectivity index (χ4n) is 16.1. The SMILES string of the molecule is C.Cc1nc2c(ncn2[C@@H]2O[C@@H]3COP(O)(=S)O[C@H]4[C@@H](F)[C@H](n5cnc6c(N)ncnc65)O[C@@H]4COP(O)(=S)O[C@H]3[C@H]2O)c(=O)[nH]1.Cc1nc2c(ncn2[C@@H]2O[C@@H]3COP(O)(=S)O[C@H]4[C@@H](F)[C@H](n5cnc6c(N)ncnc65)O[C@@H]4COP(O)(=S)O[C@H]3[C@H]2O)c(=O)[nH]1.Cc1nc2c(ncn2[C@@H]2O[C@@H]3COP(O)(=S)O[C@H]4[C@@H](O)[C@H](n5cnc6c(N)ncnc65)O[C@@H]4COP(=O)(S)O[C@H]3[C@H]2F)c(=O)[nH]1. The quantitative estimate of drug-likeness (QED) is 0.0783. The number of aliphatic hydroxyl groups is 3. The first-order valence-corrected chi connectivity index (χ1v) is 55.0. The minimum absolute atomic E-state index is 0. The average Bonchev–Trinajstić information content (AvgIpc) is 1.61. The molecule has 57 nitrogen and oxygen atoms in total. The maximum absolute atomic E-state index is 16.0. The highest BCUT2D eigenvalue weighted by atomic mass is 32.7. The van der Waals surface area contributed by atoms with Crippen molar-refractivity contribution in [2.75, 3.05) is 56.8 Å². The lowest BCUT2D eigenvalue weighted by atomic mass is 10.1. The third-order valence-electron chi connectivity index (χ3n) is 22.1. The summed E-state index contributed by atoms with van der Waals surface area (Å²) in [6, 6.07) is 0. The van der Waals surface area contributed by atoms with Gasteiger partial charge in [0.05, 0.1) is 77.6 Å². The molecule has 9 saturated heterocycles. The smallest absolute Gasteiger partial charge is 0.386 e. The van der Waals surface area contributed by atoms with Crippen LogP contribution in [0.2, 0.25) is 0 Å². The molecule has 0 amide bonds. The highest BCUT2D eigenvalue weighted by molar-refractivity contribution is 8.44. The minimum atomic E-state index is -4.37. The first-order chi connectivity index (χ1) is 63.9. The lowest BCUT2D eigenvalue weighted by molar-refractivity contribution is -0.0589. The van der Waals surface area contributed by atoms with E-state index in [1.165, 1.54) is 84.9 Å². The third-order valence-corrected chi connectivity index (χ3v) is 31.5. The van der Waals surface area contributed by atoms with Crippen LogP contribution in [0.15, 0.2) is 71.3 Å². The number of H-pyrrole nitrogens is 3. The Hall–Kier alpha value is -7.32. The molecule has 9 aliphatic heterocycles. The van der Waals surface area contributed by atoms with Gasteiger partial charge in [-0.05, 0) is 79.8 Å². The number of imidazole rings is 6. The zero-order valence-electron chi connectivity index (χ0n) is 68.3. The van der Waals surface area contributed by atoms with Gasteiger partial charge in [0.15, 0.2) is 124 Å². The number of rotatable bonds is 6. The molecule has 72 heteroatoms. The van der Waals surface area contributed by atoms with Crippen LogP contribution >= 0.6 is 52.6 Å². The molecule has 0 saturated carbocycles. The van der Waals surface area contributed by atoms with Gasteiger partial charge >= 0.3 is 40.4 Å². The summed E-state index contributed by atoms with van der Waals surface area (Å²) in [5.41, 5.74) is 17.3. The molecule has 12 aromatic rings. The Morgan fingerprint density at radius 3 is 0.860 bits per heavy atom. The van der Waals surface area contributed by atoms with Crippen molar-refractivity contribution in [3.8, 4) is 0 Å². The molecule has 21 rings (SSSR count). The standard InChI is InChI=1S/3C21H24FN9O10P2S2.CH4/c1-7-28-18-12(19(33)29-7)27-6-31(18)20-10(22)14-8(38-20)2-36-43(35,45)41-15-9(3-37-42(34,44)40-14)39-21(13(15)32)30-5-26-11-16(23)24-4-25-17(11)30;2*1-7-28-18-12(19(33)29-7)27-6-31(18)21-13(32)15-9(39-21)3-37-42(34,44)40-14-8(2-36-43(35,45)41-15)38-20(10(14)22)30-5-26-11-16(23)24-4-25-17(11)30;/h3*4-6,8-10,13-15,20-21,32H,2-3H2,1H3,(H,34,44)(H,35,45)(H2,23,24,25)(H,28,29,33);1H4/t3*8-,9-,10-,13-,14-,15-,20-,21-,42?,43?;/m111./s1. The summed E-state index contributed by atoms with van der Waals surface area (Å²) in [7, 11) is 0. The van der Waals surface area contributed by atoms with Gasteiger partial charge in [0.25, 0.3) is 16.7 Å². The zero-order chi connectivity index (χ0) is 95.5. The molecule has 0 radical (unpaired) electrons. The number of nitrogens with zero attached hydrogens (tertiary/aromatic N) is 21. The second-order valence-electron chi connectivity index (χ2n) is 30.9. The fourth-order valence-corrected chi connectivity index (χ4v) is 24.8. The minimum Gasteiger partial charge on any atom is -0.386 e. The van der Waals surface area contributed by atoms with Crippen LogP contribution in [-0.4, -0.2) is 307 Å². The topological polar surface area (TPSA) is 745 Å². The number of nitrogen functional groups attached to an aromatic ring is 3. The molecule has 30 atom stereocenters. The molecule has 0 aliphatic carbocycles. The fraction of sp³-hybridized carbons (Fsp3) is 0.531.